The van der Waals surface area contributed by atoms with Crippen molar-refractivity contribution in [2.45, 2.75) is 38.9 Å². The van der Waals surface area contributed by atoms with Gasteiger partial charge in [-0.25, -0.2) is 0 Å². The monoisotopic (exact) mass is 373 g/mol. The zero-order valence-corrected chi connectivity index (χ0v) is 16.8. The summed E-state index contributed by atoms with van der Waals surface area (Å²) in [4.78, 5) is 5.64. The Kier molecular flexibility index (Phi) is 5.01. The maximum atomic E-state index is 4.39. The summed E-state index contributed by atoms with van der Waals surface area (Å²) in [7, 11) is 2.11. The van der Waals surface area contributed by atoms with Gasteiger partial charge in [-0.3, -0.25) is 9.58 Å². The first-order chi connectivity index (χ1) is 13.5. The number of hydrogen-bond acceptors (Lipinski definition) is 3. The van der Waals surface area contributed by atoms with Crippen LogP contribution in [0.4, 0.5) is 0 Å². The second-order valence-corrected chi connectivity index (χ2v) is 8.20. The molecular weight excluding hydrogens is 346 g/mol. The van der Waals surface area contributed by atoms with Crippen molar-refractivity contribution in [2.24, 2.45) is 0 Å². The summed E-state index contributed by atoms with van der Waals surface area (Å²) in [5.74, 6) is 0. The molecule has 0 aliphatic rings. The Morgan fingerprint density at radius 2 is 1.75 bits per heavy atom. The van der Waals surface area contributed by atoms with Gasteiger partial charge in [-0.1, -0.05) is 67.6 Å². The first kappa shape index (κ1) is 18.4. The van der Waals surface area contributed by atoms with Gasteiger partial charge in [0.15, 0.2) is 0 Å². The Bertz CT molecular complexity index is 1050. The number of H-pyrrole nitrogens is 1. The van der Waals surface area contributed by atoms with E-state index in [1.165, 1.54) is 22.0 Å². The van der Waals surface area contributed by atoms with E-state index >= 15 is 0 Å². The van der Waals surface area contributed by atoms with Crippen LogP contribution in [0.2, 0.25) is 0 Å². The van der Waals surface area contributed by atoms with Crippen molar-refractivity contribution >= 4 is 10.9 Å². The van der Waals surface area contributed by atoms with Gasteiger partial charge in [-0.15, -0.1) is 5.10 Å². The Morgan fingerprint density at radius 3 is 2.57 bits per heavy atom. The van der Waals surface area contributed by atoms with Crippen molar-refractivity contribution in [1.82, 2.24) is 24.9 Å². The third-order valence-corrected chi connectivity index (χ3v) is 5.19. The molecule has 0 unspecified atom stereocenters. The predicted molar refractivity (Wildman–Crippen MR) is 113 cm³/mol. The summed E-state index contributed by atoms with van der Waals surface area (Å²) in [6.07, 6.45) is 4.19. The molecule has 0 spiro atoms. The molecule has 144 valence electrons. The summed E-state index contributed by atoms with van der Waals surface area (Å²) in [5.41, 5.74) is 4.72. The topological polar surface area (TPSA) is 49.7 Å². The summed E-state index contributed by atoms with van der Waals surface area (Å²) in [5, 5.41) is 10.0. The zero-order valence-electron chi connectivity index (χ0n) is 16.8. The van der Waals surface area contributed by atoms with Crippen molar-refractivity contribution in [3.63, 3.8) is 0 Å². The van der Waals surface area contributed by atoms with Gasteiger partial charge in [0.05, 0.1) is 12.2 Å². The number of aromatic amines is 1. The van der Waals surface area contributed by atoms with Crippen molar-refractivity contribution in [3.05, 3.63) is 83.8 Å². The maximum Gasteiger partial charge on any atom is 0.0967 e. The van der Waals surface area contributed by atoms with E-state index in [4.69, 9.17) is 0 Å². The molecule has 0 amide bonds. The lowest BCUT2D eigenvalue weighted by Crippen LogP contribution is -2.24. The minimum Gasteiger partial charge on any atom is -0.361 e. The lowest BCUT2D eigenvalue weighted by Gasteiger charge is -2.24. The quantitative estimate of drug-likeness (QED) is 0.523. The van der Waals surface area contributed by atoms with E-state index in [1.54, 1.807) is 0 Å². The Labute approximate surface area is 166 Å². The fourth-order valence-electron chi connectivity index (χ4n) is 3.84. The van der Waals surface area contributed by atoms with Crippen LogP contribution in [0.3, 0.4) is 0 Å². The fourth-order valence-corrected chi connectivity index (χ4v) is 3.84. The molecule has 4 aromatic rings. The van der Waals surface area contributed by atoms with Crippen molar-refractivity contribution in [1.29, 1.82) is 0 Å². The average molecular weight is 374 g/mol. The highest BCUT2D eigenvalue weighted by molar-refractivity contribution is 5.84. The van der Waals surface area contributed by atoms with E-state index in [-0.39, 0.29) is 5.41 Å². The maximum absolute atomic E-state index is 4.39. The SMILES string of the molecule is CN(Cc1ccccc1)Cc1cn(CC(C)(C)c2c[nH]c3ccccc23)nn1. The smallest absolute Gasteiger partial charge is 0.0967 e. The van der Waals surface area contributed by atoms with Gasteiger partial charge >= 0.3 is 0 Å². The van der Waals surface area contributed by atoms with Crippen LogP contribution in [0.25, 0.3) is 10.9 Å². The molecule has 28 heavy (non-hydrogen) atoms. The first-order valence-corrected chi connectivity index (χ1v) is 9.69. The molecular formula is C23H27N5. The summed E-state index contributed by atoms with van der Waals surface area (Å²) < 4.78 is 1.97. The van der Waals surface area contributed by atoms with Gasteiger partial charge in [0.1, 0.15) is 0 Å². The van der Waals surface area contributed by atoms with Crippen LogP contribution in [0.1, 0.15) is 30.7 Å². The molecule has 5 nitrogen and oxygen atoms in total. The molecule has 0 bridgehead atoms. The minimum atomic E-state index is -0.0550. The van der Waals surface area contributed by atoms with Crippen molar-refractivity contribution < 1.29 is 0 Å². The molecule has 0 fully saturated rings. The molecule has 1 N–H and O–H groups in total. The largest absolute Gasteiger partial charge is 0.361 e. The number of benzene rings is 2. The van der Waals surface area contributed by atoms with E-state index in [1.807, 2.05) is 10.7 Å². The molecule has 2 aromatic heterocycles. The molecule has 0 radical (unpaired) electrons. The van der Waals surface area contributed by atoms with Crippen LogP contribution in [0.5, 0.6) is 0 Å². The Balaban J connectivity index is 1.44. The highest BCUT2D eigenvalue weighted by Gasteiger charge is 2.25. The van der Waals surface area contributed by atoms with Gasteiger partial charge in [0, 0.05) is 41.8 Å². The van der Waals surface area contributed by atoms with Gasteiger partial charge < -0.3 is 4.98 Å². The van der Waals surface area contributed by atoms with Crippen LogP contribution in [0.15, 0.2) is 67.0 Å². The molecule has 0 aliphatic carbocycles. The lowest BCUT2D eigenvalue weighted by molar-refractivity contribution is 0.315. The van der Waals surface area contributed by atoms with Crippen LogP contribution < -0.4 is 0 Å². The van der Waals surface area contributed by atoms with E-state index in [0.29, 0.717) is 0 Å². The number of para-hydroxylation sites is 1. The summed E-state index contributed by atoms with van der Waals surface area (Å²) in [6.45, 7) is 6.97. The highest BCUT2D eigenvalue weighted by atomic mass is 15.4. The van der Waals surface area contributed by atoms with Crippen LogP contribution in [0, 0.1) is 0 Å². The van der Waals surface area contributed by atoms with Crippen LogP contribution >= 0.6 is 0 Å². The van der Waals surface area contributed by atoms with Gasteiger partial charge in [0.2, 0.25) is 0 Å². The lowest BCUT2D eigenvalue weighted by atomic mass is 9.84. The number of rotatable bonds is 7. The van der Waals surface area contributed by atoms with E-state index in [9.17, 15) is 0 Å². The average Bonchev–Trinajstić information content (AvgIpc) is 3.29. The molecule has 2 heterocycles. The second-order valence-electron chi connectivity index (χ2n) is 8.20. The Morgan fingerprint density at radius 1 is 1.00 bits per heavy atom. The number of fused-ring (bicyclic) bond motifs is 1. The minimum absolute atomic E-state index is 0.0550. The summed E-state index contributed by atoms with van der Waals surface area (Å²) in [6, 6.07) is 18.9. The molecule has 0 saturated carbocycles. The molecule has 5 heteroatoms. The van der Waals surface area contributed by atoms with Crippen molar-refractivity contribution in [2.75, 3.05) is 7.05 Å². The van der Waals surface area contributed by atoms with E-state index in [0.717, 1.165) is 25.3 Å². The number of nitrogens with one attached hydrogen (secondary N) is 1. The van der Waals surface area contributed by atoms with Crippen molar-refractivity contribution in [3.8, 4) is 0 Å². The first-order valence-electron chi connectivity index (χ1n) is 9.69. The van der Waals surface area contributed by atoms with Crippen LogP contribution in [-0.4, -0.2) is 31.9 Å². The highest BCUT2D eigenvalue weighted by Crippen LogP contribution is 2.31. The van der Waals surface area contributed by atoms with Gasteiger partial charge in [-0.05, 0) is 24.2 Å². The fraction of sp³-hybridized carbons (Fsp3) is 0.304. The predicted octanol–water partition coefficient (Wildman–Crippen LogP) is 4.37. The summed E-state index contributed by atoms with van der Waals surface area (Å²) >= 11 is 0. The standard InChI is InChI=1S/C23H27N5/c1-23(2,21-13-24-22-12-8-7-11-20(21)22)17-28-16-19(25-26-28)15-27(3)14-18-9-5-4-6-10-18/h4-13,16,24H,14-15,17H2,1-3H3. The molecule has 2 aromatic carbocycles. The zero-order chi connectivity index (χ0) is 19.6. The molecule has 4 rings (SSSR count). The van der Waals surface area contributed by atoms with Gasteiger partial charge in [-0.2, -0.15) is 0 Å². The third kappa shape index (κ3) is 3.99. The van der Waals surface area contributed by atoms with E-state index < -0.39 is 0 Å². The Hall–Kier alpha value is -2.92. The molecule has 0 saturated heterocycles. The normalized spacial score (nSPS) is 12.1. The van der Waals surface area contributed by atoms with Crippen LogP contribution in [-0.2, 0) is 25.0 Å². The second kappa shape index (κ2) is 7.60. The molecule has 0 aliphatic heterocycles. The number of aromatic nitrogens is 4. The van der Waals surface area contributed by atoms with E-state index in [2.05, 4.69) is 102 Å². The number of nitrogens with zero attached hydrogens (tertiary/aromatic N) is 4. The third-order valence-electron chi connectivity index (χ3n) is 5.19. The number of hydrogen-bond donors (Lipinski definition) is 1. The molecule has 0 atom stereocenters. The van der Waals surface area contributed by atoms with Gasteiger partial charge in [0.25, 0.3) is 0 Å².